The molecule has 1 rings (SSSR count). The Bertz CT molecular complexity index is 524. The van der Waals surface area contributed by atoms with Crippen molar-refractivity contribution in [2.75, 3.05) is 18.5 Å². The normalized spacial score (nSPS) is 12.0. The fraction of sp³-hybridized carbons (Fsp3) is 0.364. The van der Waals surface area contributed by atoms with E-state index >= 15 is 0 Å². The zero-order valence-electron chi connectivity index (χ0n) is 10.3. The molecule has 1 atom stereocenters. The standard InChI is InChI=1S/C11H12ClFN2O4/c1-6(11(16)17)5-14(2)9-4-8(13)7(12)3-10(9)15(18)19/h3-4,6H,5H2,1-2H3,(H,16,17). The Kier molecular flexibility index (Phi) is 4.66. The molecule has 0 aliphatic carbocycles. The third-order valence-corrected chi connectivity index (χ3v) is 2.88. The van der Waals surface area contributed by atoms with Crippen molar-refractivity contribution >= 4 is 28.9 Å². The van der Waals surface area contributed by atoms with Crippen LogP contribution >= 0.6 is 11.6 Å². The summed E-state index contributed by atoms with van der Waals surface area (Å²) in [5, 5.41) is 19.3. The van der Waals surface area contributed by atoms with Crippen molar-refractivity contribution in [2.45, 2.75) is 6.92 Å². The number of hydrogen-bond acceptors (Lipinski definition) is 4. The number of nitro groups is 1. The van der Waals surface area contributed by atoms with Crippen molar-refractivity contribution in [1.29, 1.82) is 0 Å². The van der Waals surface area contributed by atoms with E-state index in [4.69, 9.17) is 16.7 Å². The molecular formula is C11H12ClFN2O4. The van der Waals surface area contributed by atoms with Gasteiger partial charge in [0.25, 0.3) is 5.69 Å². The molecule has 0 aliphatic rings. The number of aliphatic carboxylic acids is 1. The van der Waals surface area contributed by atoms with Gasteiger partial charge in [0, 0.05) is 25.7 Å². The Labute approximate surface area is 113 Å². The van der Waals surface area contributed by atoms with Gasteiger partial charge < -0.3 is 10.0 Å². The van der Waals surface area contributed by atoms with Crippen LogP contribution in [0.2, 0.25) is 5.02 Å². The highest BCUT2D eigenvalue weighted by atomic mass is 35.5. The average Bonchev–Trinajstić information content (AvgIpc) is 2.31. The monoisotopic (exact) mass is 290 g/mol. The second kappa shape index (κ2) is 5.83. The first-order chi connectivity index (χ1) is 8.73. The molecule has 1 aromatic carbocycles. The van der Waals surface area contributed by atoms with Gasteiger partial charge in [-0.05, 0) is 0 Å². The SMILES string of the molecule is CC(CN(C)c1cc(F)c(Cl)cc1[N+](=O)[O-])C(=O)O. The molecule has 6 nitrogen and oxygen atoms in total. The number of benzene rings is 1. The van der Waals surface area contributed by atoms with E-state index in [1.807, 2.05) is 0 Å². The number of carbonyl (C=O) groups is 1. The van der Waals surface area contributed by atoms with Crippen LogP contribution in [-0.2, 0) is 4.79 Å². The number of anilines is 1. The lowest BCUT2D eigenvalue weighted by atomic mass is 10.1. The first-order valence-corrected chi connectivity index (χ1v) is 5.69. The summed E-state index contributed by atoms with van der Waals surface area (Å²) in [7, 11) is 1.45. The third-order valence-electron chi connectivity index (χ3n) is 2.59. The van der Waals surface area contributed by atoms with Crippen LogP contribution in [0.5, 0.6) is 0 Å². The minimum atomic E-state index is -1.04. The van der Waals surface area contributed by atoms with Crippen molar-refractivity contribution in [3.05, 3.63) is 33.1 Å². The number of nitro benzene ring substituents is 1. The average molecular weight is 291 g/mol. The van der Waals surface area contributed by atoms with Gasteiger partial charge >= 0.3 is 5.97 Å². The highest BCUT2D eigenvalue weighted by Gasteiger charge is 2.23. The lowest BCUT2D eigenvalue weighted by molar-refractivity contribution is -0.384. The molecule has 19 heavy (non-hydrogen) atoms. The Morgan fingerprint density at radius 1 is 1.63 bits per heavy atom. The number of carboxylic acid groups (broad SMARTS) is 1. The first-order valence-electron chi connectivity index (χ1n) is 5.31. The second-order valence-corrected chi connectivity index (χ2v) is 4.54. The predicted molar refractivity (Wildman–Crippen MR) is 68.1 cm³/mol. The van der Waals surface area contributed by atoms with E-state index in [1.54, 1.807) is 0 Å². The molecule has 0 saturated heterocycles. The molecule has 8 heteroatoms. The maximum atomic E-state index is 13.4. The summed E-state index contributed by atoms with van der Waals surface area (Å²) in [6.45, 7) is 1.47. The van der Waals surface area contributed by atoms with Gasteiger partial charge in [0.05, 0.1) is 15.9 Å². The van der Waals surface area contributed by atoms with Crippen LogP contribution in [0.4, 0.5) is 15.8 Å². The van der Waals surface area contributed by atoms with E-state index in [1.165, 1.54) is 18.9 Å². The number of rotatable bonds is 5. The van der Waals surface area contributed by atoms with Gasteiger partial charge in [0.1, 0.15) is 11.5 Å². The van der Waals surface area contributed by atoms with Crippen LogP contribution in [-0.4, -0.2) is 29.6 Å². The van der Waals surface area contributed by atoms with Gasteiger partial charge in [-0.15, -0.1) is 0 Å². The van der Waals surface area contributed by atoms with Gasteiger partial charge in [-0.1, -0.05) is 18.5 Å². The smallest absolute Gasteiger partial charge is 0.308 e. The minimum absolute atomic E-state index is 0.0112. The Morgan fingerprint density at radius 2 is 2.21 bits per heavy atom. The van der Waals surface area contributed by atoms with Crippen LogP contribution < -0.4 is 4.90 Å². The van der Waals surface area contributed by atoms with Crippen LogP contribution in [0.25, 0.3) is 0 Å². The minimum Gasteiger partial charge on any atom is -0.481 e. The number of nitrogens with zero attached hydrogens (tertiary/aromatic N) is 2. The van der Waals surface area contributed by atoms with E-state index in [9.17, 15) is 19.3 Å². The quantitative estimate of drug-likeness (QED) is 0.665. The molecule has 1 unspecified atom stereocenters. The highest BCUT2D eigenvalue weighted by Crippen LogP contribution is 2.32. The van der Waals surface area contributed by atoms with E-state index in [0.29, 0.717) is 0 Å². The molecule has 0 fully saturated rings. The fourth-order valence-electron chi connectivity index (χ4n) is 1.57. The van der Waals surface area contributed by atoms with Crippen LogP contribution in [0.15, 0.2) is 12.1 Å². The molecule has 0 heterocycles. The lowest BCUT2D eigenvalue weighted by Gasteiger charge is -2.21. The molecule has 104 valence electrons. The highest BCUT2D eigenvalue weighted by molar-refractivity contribution is 6.31. The summed E-state index contributed by atoms with van der Waals surface area (Å²) < 4.78 is 13.4. The molecule has 0 aliphatic heterocycles. The third kappa shape index (κ3) is 3.54. The van der Waals surface area contributed by atoms with Gasteiger partial charge in [-0.3, -0.25) is 14.9 Å². The molecule has 0 amide bonds. The van der Waals surface area contributed by atoms with Crippen molar-refractivity contribution in [1.82, 2.24) is 0 Å². The Balaban J connectivity index is 3.14. The summed E-state index contributed by atoms with van der Waals surface area (Å²) >= 11 is 5.50. The van der Waals surface area contributed by atoms with E-state index in [0.717, 1.165) is 12.1 Å². The fourth-order valence-corrected chi connectivity index (χ4v) is 1.72. The molecule has 1 aromatic rings. The zero-order chi connectivity index (χ0) is 14.7. The maximum absolute atomic E-state index is 13.4. The van der Waals surface area contributed by atoms with Crippen molar-refractivity contribution in [2.24, 2.45) is 5.92 Å². The summed E-state index contributed by atoms with van der Waals surface area (Å²) in [5.41, 5.74) is -0.383. The topological polar surface area (TPSA) is 83.7 Å². The molecule has 0 aromatic heterocycles. The Hall–Kier alpha value is -1.89. The van der Waals surface area contributed by atoms with Gasteiger partial charge in [0.2, 0.25) is 0 Å². The largest absolute Gasteiger partial charge is 0.481 e. The zero-order valence-corrected chi connectivity index (χ0v) is 11.0. The van der Waals surface area contributed by atoms with Crippen molar-refractivity contribution < 1.29 is 19.2 Å². The number of hydrogen-bond donors (Lipinski definition) is 1. The van der Waals surface area contributed by atoms with E-state index < -0.39 is 22.6 Å². The summed E-state index contributed by atoms with van der Waals surface area (Å²) in [6, 6.07) is 1.84. The Morgan fingerprint density at radius 3 is 2.68 bits per heavy atom. The molecule has 0 saturated carbocycles. The number of carboxylic acids is 1. The van der Waals surface area contributed by atoms with Gasteiger partial charge in [-0.25, -0.2) is 4.39 Å². The van der Waals surface area contributed by atoms with E-state index in [2.05, 4.69) is 0 Å². The van der Waals surface area contributed by atoms with Crippen molar-refractivity contribution in [3.63, 3.8) is 0 Å². The van der Waals surface area contributed by atoms with Crippen LogP contribution in [0, 0.1) is 21.8 Å². The maximum Gasteiger partial charge on any atom is 0.308 e. The van der Waals surface area contributed by atoms with Crippen LogP contribution in [0.1, 0.15) is 6.92 Å². The molecule has 0 radical (unpaired) electrons. The molecule has 0 spiro atoms. The van der Waals surface area contributed by atoms with Gasteiger partial charge in [-0.2, -0.15) is 0 Å². The summed E-state index contributed by atoms with van der Waals surface area (Å²) in [5.74, 6) is -2.58. The van der Waals surface area contributed by atoms with Gasteiger partial charge in [0.15, 0.2) is 0 Å². The lowest BCUT2D eigenvalue weighted by Crippen LogP contribution is -2.29. The molecular weight excluding hydrogens is 279 g/mol. The van der Waals surface area contributed by atoms with E-state index in [-0.39, 0.29) is 22.9 Å². The summed E-state index contributed by atoms with van der Waals surface area (Å²) in [4.78, 5) is 22.3. The first kappa shape index (κ1) is 15.2. The van der Waals surface area contributed by atoms with Crippen LogP contribution in [0.3, 0.4) is 0 Å². The van der Waals surface area contributed by atoms with Crippen molar-refractivity contribution in [3.8, 4) is 0 Å². The summed E-state index contributed by atoms with van der Waals surface area (Å²) in [6.07, 6.45) is 0. The second-order valence-electron chi connectivity index (χ2n) is 4.13. The number of halogens is 2. The molecule has 0 bridgehead atoms. The molecule has 1 N–H and O–H groups in total. The predicted octanol–water partition coefficient (Wildman–Crippen LogP) is 2.54.